The van der Waals surface area contributed by atoms with Crippen LogP contribution in [0, 0.1) is 18.8 Å². The zero-order chi connectivity index (χ0) is 16.0. The number of piperidine rings is 1. The minimum atomic E-state index is 0.382. The molecule has 2 nitrogen and oxygen atoms in total. The minimum Gasteiger partial charge on any atom is -0.399 e. The predicted octanol–water partition coefficient (Wildman–Crippen LogP) is 3.99. The Bertz CT molecular complexity index is 675. The number of nitrogens with zero attached hydrogens (tertiary/aromatic N) is 1. The van der Waals surface area contributed by atoms with Crippen LogP contribution in [0.2, 0.25) is 0 Å². The van der Waals surface area contributed by atoms with Crippen LogP contribution in [0.1, 0.15) is 30.0 Å². The molecule has 2 aromatic rings. The maximum Gasteiger partial charge on any atom is 0.0319 e. The molecule has 23 heavy (non-hydrogen) atoms. The highest BCUT2D eigenvalue weighted by Gasteiger charge is 2.67. The minimum absolute atomic E-state index is 0.382. The average molecular weight is 306 g/mol. The van der Waals surface area contributed by atoms with Crippen molar-refractivity contribution in [1.82, 2.24) is 4.90 Å². The zero-order valence-corrected chi connectivity index (χ0v) is 14.1. The number of likely N-dealkylation sites (tertiary alicyclic amines) is 1. The molecule has 1 saturated heterocycles. The molecule has 0 bridgehead atoms. The lowest BCUT2D eigenvalue weighted by Gasteiger charge is -2.27. The number of aryl methyl sites for hydroxylation is 1. The lowest BCUT2D eigenvalue weighted by Crippen LogP contribution is -2.29. The molecule has 2 heteroatoms. The molecule has 0 amide bonds. The highest BCUT2D eigenvalue weighted by Crippen LogP contribution is 2.65. The normalized spacial score (nSPS) is 29.5. The van der Waals surface area contributed by atoms with Gasteiger partial charge in [0.1, 0.15) is 0 Å². The van der Waals surface area contributed by atoms with Gasteiger partial charge in [-0.2, -0.15) is 0 Å². The number of nitrogen functional groups attached to an aromatic ring is 1. The van der Waals surface area contributed by atoms with Crippen molar-refractivity contribution in [2.24, 2.45) is 11.8 Å². The Labute approximate surface area is 139 Å². The van der Waals surface area contributed by atoms with Crippen LogP contribution in [-0.4, -0.2) is 18.0 Å². The third kappa shape index (κ3) is 2.36. The highest BCUT2D eigenvalue weighted by atomic mass is 15.2. The van der Waals surface area contributed by atoms with E-state index in [0.717, 1.165) is 24.1 Å². The number of fused-ring (bicyclic) bond motifs is 1. The second-order valence-corrected chi connectivity index (χ2v) is 7.42. The number of rotatable bonds is 4. The number of hydrogen-bond acceptors (Lipinski definition) is 2. The fraction of sp³-hybridized carbons (Fsp3) is 0.429. The Kier molecular flexibility index (Phi) is 3.46. The Hall–Kier alpha value is -1.80. The van der Waals surface area contributed by atoms with Crippen LogP contribution in [0.5, 0.6) is 0 Å². The van der Waals surface area contributed by atoms with Crippen molar-refractivity contribution in [3.63, 3.8) is 0 Å². The van der Waals surface area contributed by atoms with E-state index >= 15 is 0 Å². The van der Waals surface area contributed by atoms with Gasteiger partial charge in [0.2, 0.25) is 0 Å². The van der Waals surface area contributed by atoms with Gasteiger partial charge in [-0.25, -0.2) is 0 Å². The van der Waals surface area contributed by atoms with Crippen molar-refractivity contribution in [2.45, 2.75) is 32.2 Å². The molecule has 0 spiro atoms. The van der Waals surface area contributed by atoms with Crippen LogP contribution in [0.25, 0.3) is 0 Å². The summed E-state index contributed by atoms with van der Waals surface area (Å²) in [5.74, 6) is 1.61. The Morgan fingerprint density at radius 3 is 2.39 bits per heavy atom. The molecule has 0 aromatic heterocycles. The predicted molar refractivity (Wildman–Crippen MR) is 96.3 cm³/mol. The summed E-state index contributed by atoms with van der Waals surface area (Å²) in [5, 5.41) is 0. The lowest BCUT2D eigenvalue weighted by atomic mass is 9.86. The third-order valence-corrected chi connectivity index (χ3v) is 6.08. The molecule has 2 fully saturated rings. The first kappa shape index (κ1) is 14.8. The molecule has 1 aliphatic carbocycles. The summed E-state index contributed by atoms with van der Waals surface area (Å²) in [6.07, 6.45) is 1.23. The molecule has 0 unspecified atom stereocenters. The van der Waals surface area contributed by atoms with Crippen LogP contribution in [0.15, 0.2) is 48.5 Å². The van der Waals surface area contributed by atoms with E-state index in [1.165, 1.54) is 36.2 Å². The number of anilines is 1. The van der Waals surface area contributed by atoms with E-state index in [4.69, 9.17) is 5.73 Å². The molecule has 4 rings (SSSR count). The van der Waals surface area contributed by atoms with Crippen molar-refractivity contribution < 1.29 is 0 Å². The zero-order valence-electron chi connectivity index (χ0n) is 14.1. The van der Waals surface area contributed by atoms with Gasteiger partial charge in [0.25, 0.3) is 0 Å². The van der Waals surface area contributed by atoms with Crippen molar-refractivity contribution in [1.29, 1.82) is 0 Å². The first-order valence-electron chi connectivity index (χ1n) is 8.77. The third-order valence-electron chi connectivity index (χ3n) is 6.08. The summed E-state index contributed by atoms with van der Waals surface area (Å²) in [6, 6.07) is 17.5. The lowest BCUT2D eigenvalue weighted by molar-refractivity contribution is 0.262. The summed E-state index contributed by atoms with van der Waals surface area (Å²) in [4.78, 5) is 2.62. The van der Waals surface area contributed by atoms with E-state index in [1.54, 1.807) is 0 Å². The van der Waals surface area contributed by atoms with Gasteiger partial charge >= 0.3 is 0 Å². The number of hydrogen-bond donors (Lipinski definition) is 1. The maximum atomic E-state index is 6.11. The van der Waals surface area contributed by atoms with E-state index in [0.29, 0.717) is 5.41 Å². The standard InChI is InChI=1S/C21H26N2/c1-3-21(17-9-15(2)10-18(22)11-17)19-13-23(14-20(19)21)12-16-7-5-4-6-8-16/h4-11,19-20H,3,12-14,22H2,1-2H3/t19-,20+,21+. The smallest absolute Gasteiger partial charge is 0.0319 e. The second-order valence-electron chi connectivity index (χ2n) is 7.42. The largest absolute Gasteiger partial charge is 0.399 e. The molecule has 3 atom stereocenters. The van der Waals surface area contributed by atoms with E-state index in [-0.39, 0.29) is 0 Å². The molecule has 1 saturated carbocycles. The van der Waals surface area contributed by atoms with Crippen molar-refractivity contribution in [3.05, 3.63) is 65.2 Å². The number of nitrogens with two attached hydrogens (primary N) is 1. The average Bonchev–Trinajstić information content (AvgIpc) is 2.92. The summed E-state index contributed by atoms with van der Waals surface area (Å²) >= 11 is 0. The van der Waals surface area contributed by atoms with E-state index in [1.807, 2.05) is 0 Å². The molecular formula is C21H26N2. The molecule has 1 aliphatic heterocycles. The van der Waals surface area contributed by atoms with Crippen LogP contribution in [-0.2, 0) is 12.0 Å². The summed E-state index contributed by atoms with van der Waals surface area (Å²) in [6.45, 7) is 8.04. The Morgan fingerprint density at radius 2 is 1.78 bits per heavy atom. The van der Waals surface area contributed by atoms with Gasteiger partial charge in [-0.05, 0) is 54.0 Å². The van der Waals surface area contributed by atoms with Crippen molar-refractivity contribution in [3.8, 4) is 0 Å². The first-order valence-corrected chi connectivity index (χ1v) is 8.77. The molecule has 0 radical (unpaired) electrons. The molecule has 2 aliphatic rings. The van der Waals surface area contributed by atoms with Gasteiger partial charge in [-0.3, -0.25) is 4.90 Å². The summed E-state index contributed by atoms with van der Waals surface area (Å²) < 4.78 is 0. The summed E-state index contributed by atoms with van der Waals surface area (Å²) in [5.41, 5.74) is 11.6. The fourth-order valence-electron chi connectivity index (χ4n) is 5.02. The monoisotopic (exact) mass is 306 g/mol. The number of benzene rings is 2. The quantitative estimate of drug-likeness (QED) is 0.866. The molecule has 1 heterocycles. The highest BCUT2D eigenvalue weighted by molar-refractivity contribution is 5.50. The van der Waals surface area contributed by atoms with E-state index < -0.39 is 0 Å². The SMILES string of the molecule is CC[C@]1(c2cc(C)cc(N)c2)[C@@H]2CN(Cc3ccccc3)C[C@@H]21. The molecule has 120 valence electrons. The second kappa shape index (κ2) is 5.38. The molecule has 2 aromatic carbocycles. The van der Waals surface area contributed by atoms with Crippen molar-refractivity contribution in [2.75, 3.05) is 18.8 Å². The first-order chi connectivity index (χ1) is 11.1. The van der Waals surface area contributed by atoms with Crippen LogP contribution < -0.4 is 5.73 Å². The fourth-order valence-corrected chi connectivity index (χ4v) is 5.02. The van der Waals surface area contributed by atoms with Crippen LogP contribution in [0.3, 0.4) is 0 Å². The van der Waals surface area contributed by atoms with Gasteiger partial charge in [0.15, 0.2) is 0 Å². The topological polar surface area (TPSA) is 29.3 Å². The van der Waals surface area contributed by atoms with Crippen LogP contribution >= 0.6 is 0 Å². The van der Waals surface area contributed by atoms with E-state index in [9.17, 15) is 0 Å². The van der Waals surface area contributed by atoms with Gasteiger partial charge in [-0.15, -0.1) is 0 Å². The molecule has 2 N–H and O–H groups in total. The maximum absolute atomic E-state index is 6.11. The van der Waals surface area contributed by atoms with Gasteiger partial charge in [0.05, 0.1) is 0 Å². The van der Waals surface area contributed by atoms with Crippen molar-refractivity contribution >= 4 is 5.69 Å². The Balaban J connectivity index is 1.51. The summed E-state index contributed by atoms with van der Waals surface area (Å²) in [7, 11) is 0. The Morgan fingerprint density at radius 1 is 1.09 bits per heavy atom. The van der Waals surface area contributed by atoms with Gasteiger partial charge in [0, 0.05) is 30.7 Å². The van der Waals surface area contributed by atoms with Gasteiger partial charge in [-0.1, -0.05) is 43.3 Å². The van der Waals surface area contributed by atoms with Gasteiger partial charge < -0.3 is 5.73 Å². The van der Waals surface area contributed by atoms with Crippen LogP contribution in [0.4, 0.5) is 5.69 Å². The van der Waals surface area contributed by atoms with E-state index in [2.05, 4.69) is 67.3 Å². The molecular weight excluding hydrogens is 280 g/mol.